The lowest BCUT2D eigenvalue weighted by atomic mass is 9.94. The maximum Gasteiger partial charge on any atom is 0.336 e. The Morgan fingerprint density at radius 1 is 1.23 bits per heavy atom. The average Bonchev–Trinajstić information content (AvgIpc) is 2.56. The summed E-state index contributed by atoms with van der Waals surface area (Å²) in [7, 11) is 0. The lowest BCUT2D eigenvalue weighted by Crippen LogP contribution is -2.11. The van der Waals surface area contributed by atoms with Crippen molar-refractivity contribution in [3.63, 3.8) is 0 Å². The molecule has 0 fully saturated rings. The van der Waals surface area contributed by atoms with Crippen molar-refractivity contribution < 1.29 is 19.4 Å². The van der Waals surface area contributed by atoms with Crippen molar-refractivity contribution in [1.29, 1.82) is 0 Å². The number of allylic oxidation sites excluding steroid dienone is 1. The van der Waals surface area contributed by atoms with Gasteiger partial charge in [-0.2, -0.15) is 0 Å². The van der Waals surface area contributed by atoms with Crippen LogP contribution < -0.4 is 4.74 Å². The van der Waals surface area contributed by atoms with E-state index in [0.29, 0.717) is 12.0 Å². The molecule has 0 amide bonds. The lowest BCUT2D eigenvalue weighted by Gasteiger charge is -2.14. The summed E-state index contributed by atoms with van der Waals surface area (Å²) in [5.41, 5.74) is -0.668. The van der Waals surface area contributed by atoms with Gasteiger partial charge in [-0.25, -0.2) is 4.79 Å². The summed E-state index contributed by atoms with van der Waals surface area (Å²) in [6, 6.07) is 2.07. The van der Waals surface area contributed by atoms with Crippen molar-refractivity contribution in [3.8, 4) is 5.75 Å². The summed E-state index contributed by atoms with van der Waals surface area (Å²) in [5, 5.41) is 22.5. The number of rotatable bonds is 10. The summed E-state index contributed by atoms with van der Waals surface area (Å²) in [5.74, 6) is -0.835. The SMILES string of the molecule is CC=CC(=O)Oc1c(CC(C)CCCCC)cc([N+](=O)[O-])cc1[N+](=O)[O-]. The lowest BCUT2D eigenvalue weighted by molar-refractivity contribution is -0.394. The summed E-state index contributed by atoms with van der Waals surface area (Å²) in [6.45, 7) is 5.67. The average molecular weight is 364 g/mol. The van der Waals surface area contributed by atoms with E-state index in [1.165, 1.54) is 12.1 Å². The molecule has 8 heteroatoms. The van der Waals surface area contributed by atoms with Crippen molar-refractivity contribution in [1.82, 2.24) is 0 Å². The van der Waals surface area contributed by atoms with Crippen molar-refractivity contribution in [3.05, 3.63) is 50.1 Å². The molecule has 1 aromatic carbocycles. The first kappa shape index (κ1) is 21.3. The van der Waals surface area contributed by atoms with Crippen LogP contribution in [0.3, 0.4) is 0 Å². The summed E-state index contributed by atoms with van der Waals surface area (Å²) >= 11 is 0. The zero-order valence-electron chi connectivity index (χ0n) is 15.3. The van der Waals surface area contributed by atoms with Crippen LogP contribution in [0.5, 0.6) is 5.75 Å². The van der Waals surface area contributed by atoms with Gasteiger partial charge in [-0.15, -0.1) is 0 Å². The number of benzene rings is 1. The van der Waals surface area contributed by atoms with Gasteiger partial charge >= 0.3 is 11.7 Å². The Hall–Kier alpha value is -2.77. The summed E-state index contributed by atoms with van der Waals surface area (Å²) < 4.78 is 5.15. The van der Waals surface area contributed by atoms with Crippen molar-refractivity contribution in [2.75, 3.05) is 0 Å². The number of unbranched alkanes of at least 4 members (excludes halogenated alkanes) is 2. The van der Waals surface area contributed by atoms with E-state index in [-0.39, 0.29) is 11.7 Å². The van der Waals surface area contributed by atoms with Crippen molar-refractivity contribution in [2.24, 2.45) is 5.92 Å². The molecule has 26 heavy (non-hydrogen) atoms. The van der Waals surface area contributed by atoms with Crippen LogP contribution in [0.15, 0.2) is 24.3 Å². The van der Waals surface area contributed by atoms with Gasteiger partial charge in [-0.1, -0.05) is 45.6 Å². The first-order valence-corrected chi connectivity index (χ1v) is 8.60. The molecular formula is C18H24N2O6. The second-order valence-electron chi connectivity index (χ2n) is 6.19. The molecule has 0 aliphatic carbocycles. The van der Waals surface area contributed by atoms with Crippen LogP contribution in [-0.4, -0.2) is 15.8 Å². The van der Waals surface area contributed by atoms with Gasteiger partial charge in [0, 0.05) is 17.7 Å². The standard InChI is InChI=1S/C18H24N2O6/c1-4-6-7-9-13(3)10-14-11-15(19(22)23)12-16(20(24)25)18(14)26-17(21)8-5-2/h5,8,11-13H,4,6-7,9-10H2,1-3H3. The van der Waals surface area contributed by atoms with Crippen LogP contribution in [0.4, 0.5) is 11.4 Å². The highest BCUT2D eigenvalue weighted by Crippen LogP contribution is 2.37. The molecule has 0 saturated carbocycles. The number of nitro benzene ring substituents is 2. The van der Waals surface area contributed by atoms with Crippen molar-refractivity contribution >= 4 is 17.3 Å². The zero-order valence-corrected chi connectivity index (χ0v) is 15.3. The minimum atomic E-state index is -0.767. The zero-order chi connectivity index (χ0) is 19.7. The van der Waals surface area contributed by atoms with E-state index < -0.39 is 27.2 Å². The molecule has 0 N–H and O–H groups in total. The third-order valence-corrected chi connectivity index (χ3v) is 3.91. The molecule has 1 aromatic rings. The fourth-order valence-electron chi connectivity index (χ4n) is 2.66. The number of nitro groups is 2. The Kier molecular flexibility index (Phi) is 8.41. The van der Waals surface area contributed by atoms with Crippen LogP contribution in [0.1, 0.15) is 52.0 Å². The third kappa shape index (κ3) is 6.27. The van der Waals surface area contributed by atoms with Gasteiger partial charge < -0.3 is 4.74 Å². The normalized spacial score (nSPS) is 12.1. The molecule has 0 saturated heterocycles. The van der Waals surface area contributed by atoms with Gasteiger partial charge in [0.2, 0.25) is 5.75 Å². The maximum absolute atomic E-state index is 11.8. The predicted molar refractivity (Wildman–Crippen MR) is 97.2 cm³/mol. The number of non-ortho nitro benzene ring substituents is 1. The molecule has 8 nitrogen and oxygen atoms in total. The predicted octanol–water partition coefficient (Wildman–Crippen LogP) is 4.74. The van der Waals surface area contributed by atoms with Crippen LogP contribution in [0.25, 0.3) is 0 Å². The highest BCUT2D eigenvalue weighted by molar-refractivity contribution is 5.85. The highest BCUT2D eigenvalue weighted by Gasteiger charge is 2.27. The molecule has 0 aromatic heterocycles. The largest absolute Gasteiger partial charge is 0.416 e. The summed E-state index contributed by atoms with van der Waals surface area (Å²) in [6.07, 6.45) is 6.97. The number of ether oxygens (including phenoxy) is 1. The minimum Gasteiger partial charge on any atom is -0.416 e. The Balaban J connectivity index is 3.29. The molecule has 1 atom stereocenters. The topological polar surface area (TPSA) is 113 Å². The second kappa shape index (κ2) is 10.3. The molecule has 0 radical (unpaired) electrons. The van der Waals surface area contributed by atoms with Gasteiger partial charge in [0.15, 0.2) is 0 Å². The molecule has 142 valence electrons. The highest BCUT2D eigenvalue weighted by atomic mass is 16.6. The molecule has 1 unspecified atom stereocenters. The first-order chi connectivity index (χ1) is 12.3. The molecule has 0 aliphatic rings. The van der Waals surface area contributed by atoms with Gasteiger partial charge in [0.05, 0.1) is 15.9 Å². The molecule has 0 heterocycles. The summed E-state index contributed by atoms with van der Waals surface area (Å²) in [4.78, 5) is 32.8. The molecule has 0 aliphatic heterocycles. The maximum atomic E-state index is 11.8. The minimum absolute atomic E-state index is 0.141. The number of nitrogens with zero attached hydrogens (tertiary/aromatic N) is 2. The van der Waals surface area contributed by atoms with Crippen LogP contribution in [0.2, 0.25) is 0 Å². The molecular weight excluding hydrogens is 340 g/mol. The van der Waals surface area contributed by atoms with E-state index >= 15 is 0 Å². The van der Waals surface area contributed by atoms with E-state index in [2.05, 4.69) is 6.92 Å². The van der Waals surface area contributed by atoms with Gasteiger partial charge in [-0.05, 0) is 19.3 Å². The quantitative estimate of drug-likeness (QED) is 0.148. The van der Waals surface area contributed by atoms with Gasteiger partial charge in [0.25, 0.3) is 5.69 Å². The molecule has 0 bridgehead atoms. The third-order valence-electron chi connectivity index (χ3n) is 3.91. The molecule has 1 rings (SSSR count). The second-order valence-corrected chi connectivity index (χ2v) is 6.19. The Bertz CT molecular complexity index is 699. The Labute approximate surface area is 152 Å². The van der Waals surface area contributed by atoms with Crippen LogP contribution in [0, 0.1) is 26.1 Å². The van der Waals surface area contributed by atoms with E-state index in [0.717, 1.165) is 37.8 Å². The Morgan fingerprint density at radius 3 is 2.46 bits per heavy atom. The first-order valence-electron chi connectivity index (χ1n) is 8.60. The van der Waals surface area contributed by atoms with Crippen LogP contribution >= 0.6 is 0 Å². The number of carbonyl (C=O) groups is 1. The van der Waals surface area contributed by atoms with E-state index in [1.54, 1.807) is 6.92 Å². The van der Waals surface area contributed by atoms with E-state index in [1.807, 2.05) is 6.92 Å². The number of hydrogen-bond acceptors (Lipinski definition) is 6. The number of esters is 1. The number of carbonyl (C=O) groups excluding carboxylic acids is 1. The van der Waals surface area contributed by atoms with Crippen LogP contribution in [-0.2, 0) is 11.2 Å². The van der Waals surface area contributed by atoms with E-state index in [4.69, 9.17) is 4.74 Å². The molecule has 0 spiro atoms. The smallest absolute Gasteiger partial charge is 0.336 e. The van der Waals surface area contributed by atoms with E-state index in [9.17, 15) is 25.0 Å². The number of hydrogen-bond donors (Lipinski definition) is 0. The fraction of sp³-hybridized carbons (Fsp3) is 0.500. The van der Waals surface area contributed by atoms with Crippen molar-refractivity contribution in [2.45, 2.75) is 52.9 Å². The Morgan fingerprint density at radius 2 is 1.92 bits per heavy atom. The fourth-order valence-corrected chi connectivity index (χ4v) is 2.66. The monoisotopic (exact) mass is 364 g/mol. The van der Waals surface area contributed by atoms with Gasteiger partial charge in [0.1, 0.15) is 0 Å². The van der Waals surface area contributed by atoms with Gasteiger partial charge in [-0.3, -0.25) is 20.2 Å².